The minimum Gasteiger partial charge on any atom is -0.342 e. The maximum atomic E-state index is 13.0. The number of rotatable bonds is 5. The summed E-state index contributed by atoms with van der Waals surface area (Å²) in [6.07, 6.45) is 5.39. The molecule has 0 spiro atoms. The minimum atomic E-state index is -0.220. The van der Waals surface area contributed by atoms with Crippen molar-refractivity contribution in [2.24, 2.45) is 0 Å². The molecule has 1 atom stereocenters. The smallest absolute Gasteiger partial charge is 0.222 e. The van der Waals surface area contributed by atoms with Crippen LogP contribution in [0.4, 0.5) is 4.39 Å². The molecule has 0 bridgehead atoms. The van der Waals surface area contributed by atoms with E-state index in [9.17, 15) is 9.18 Å². The monoisotopic (exact) mass is 302 g/mol. The lowest BCUT2D eigenvalue weighted by atomic mass is 9.99. The Balaban J connectivity index is 1.47. The molecule has 2 heterocycles. The molecule has 116 valence electrons. The Labute approximate surface area is 128 Å². The first-order valence-electron chi connectivity index (χ1n) is 7.58. The largest absolute Gasteiger partial charge is 0.342 e. The van der Waals surface area contributed by atoms with Crippen molar-refractivity contribution in [2.45, 2.75) is 31.7 Å². The van der Waals surface area contributed by atoms with Gasteiger partial charge in [0.15, 0.2) is 0 Å². The Morgan fingerprint density at radius 2 is 2.14 bits per heavy atom. The van der Waals surface area contributed by atoms with E-state index in [2.05, 4.69) is 10.1 Å². The van der Waals surface area contributed by atoms with Crippen LogP contribution in [-0.2, 0) is 11.3 Å². The zero-order valence-electron chi connectivity index (χ0n) is 12.4. The van der Waals surface area contributed by atoms with Crippen LogP contribution in [0, 0.1) is 5.82 Å². The highest BCUT2D eigenvalue weighted by Crippen LogP contribution is 2.27. The predicted octanol–water partition coefficient (Wildman–Crippen LogP) is 2.21. The average molecular weight is 302 g/mol. The highest BCUT2D eigenvalue weighted by molar-refractivity contribution is 5.76. The molecule has 2 aromatic rings. The van der Waals surface area contributed by atoms with Crippen LogP contribution in [0.1, 0.15) is 30.7 Å². The number of amides is 1. The molecule has 1 aliphatic heterocycles. The number of benzene rings is 1. The van der Waals surface area contributed by atoms with Gasteiger partial charge in [-0.3, -0.25) is 9.48 Å². The van der Waals surface area contributed by atoms with Crippen LogP contribution in [-0.4, -0.2) is 38.7 Å². The van der Waals surface area contributed by atoms with E-state index in [4.69, 9.17) is 0 Å². The third kappa shape index (κ3) is 3.50. The Kier molecular flexibility index (Phi) is 4.46. The van der Waals surface area contributed by atoms with Crippen molar-refractivity contribution in [3.63, 3.8) is 0 Å². The van der Waals surface area contributed by atoms with Gasteiger partial charge in [0.05, 0.1) is 0 Å². The molecular formula is C16H19FN4O. The summed E-state index contributed by atoms with van der Waals surface area (Å²) in [6, 6.07) is 6.60. The van der Waals surface area contributed by atoms with E-state index in [1.807, 2.05) is 17.0 Å². The second-order valence-corrected chi connectivity index (χ2v) is 5.64. The normalized spacial score (nSPS) is 17.9. The molecule has 0 N–H and O–H groups in total. The molecule has 1 fully saturated rings. The number of halogens is 1. The molecule has 1 aliphatic rings. The third-order valence-electron chi connectivity index (χ3n) is 4.13. The summed E-state index contributed by atoms with van der Waals surface area (Å²) < 4.78 is 14.7. The molecule has 0 saturated carbocycles. The molecule has 1 aromatic heterocycles. The first-order valence-corrected chi connectivity index (χ1v) is 7.58. The highest BCUT2D eigenvalue weighted by atomic mass is 19.1. The Morgan fingerprint density at radius 3 is 2.86 bits per heavy atom. The molecule has 1 amide bonds. The number of likely N-dealkylation sites (tertiary alicyclic amines) is 1. The number of aryl methyl sites for hydroxylation is 1. The maximum Gasteiger partial charge on any atom is 0.222 e. The van der Waals surface area contributed by atoms with E-state index < -0.39 is 0 Å². The number of hydrogen-bond acceptors (Lipinski definition) is 3. The summed E-state index contributed by atoms with van der Waals surface area (Å²) in [7, 11) is 0. The summed E-state index contributed by atoms with van der Waals surface area (Å²) in [6.45, 7) is 2.22. The van der Waals surface area contributed by atoms with Gasteiger partial charge in [-0.25, -0.2) is 9.37 Å². The molecule has 3 rings (SSSR count). The second kappa shape index (κ2) is 6.68. The Hall–Kier alpha value is -2.24. The summed E-state index contributed by atoms with van der Waals surface area (Å²) >= 11 is 0. The van der Waals surface area contributed by atoms with Crippen molar-refractivity contribution >= 4 is 5.91 Å². The highest BCUT2D eigenvalue weighted by Gasteiger charge is 2.26. The van der Waals surface area contributed by atoms with Crippen molar-refractivity contribution in [3.8, 4) is 0 Å². The fourth-order valence-electron chi connectivity index (χ4n) is 2.89. The molecule has 6 heteroatoms. The topological polar surface area (TPSA) is 51.0 Å². The van der Waals surface area contributed by atoms with Crippen LogP contribution in [0.5, 0.6) is 0 Å². The maximum absolute atomic E-state index is 13.0. The van der Waals surface area contributed by atoms with Gasteiger partial charge in [0.1, 0.15) is 18.5 Å². The fourth-order valence-corrected chi connectivity index (χ4v) is 2.89. The van der Waals surface area contributed by atoms with Crippen LogP contribution in [0.3, 0.4) is 0 Å². The number of carbonyl (C=O) groups excluding carboxylic acids is 1. The molecule has 22 heavy (non-hydrogen) atoms. The number of hydrogen-bond donors (Lipinski definition) is 0. The molecule has 0 aliphatic carbocycles. The number of aromatic nitrogens is 3. The van der Waals surface area contributed by atoms with Gasteiger partial charge in [0.2, 0.25) is 5.91 Å². The summed E-state index contributed by atoms with van der Waals surface area (Å²) in [5, 5.41) is 4.02. The molecule has 1 unspecified atom stereocenters. The van der Waals surface area contributed by atoms with Gasteiger partial charge in [-0.05, 0) is 30.5 Å². The standard InChI is InChI=1S/C16H19FN4O/c17-15-5-3-13(4-6-15)14-7-9-20(10-14)16(22)2-1-8-21-12-18-11-19-21/h3-6,11-12,14H,1-2,7-10H2. The lowest BCUT2D eigenvalue weighted by Gasteiger charge is -2.16. The summed E-state index contributed by atoms with van der Waals surface area (Å²) in [5.74, 6) is 0.285. The molecule has 1 saturated heterocycles. The molecule has 0 radical (unpaired) electrons. The second-order valence-electron chi connectivity index (χ2n) is 5.64. The van der Waals surface area contributed by atoms with E-state index in [-0.39, 0.29) is 11.7 Å². The van der Waals surface area contributed by atoms with Crippen LogP contribution in [0.2, 0.25) is 0 Å². The zero-order valence-corrected chi connectivity index (χ0v) is 12.4. The molecule has 5 nitrogen and oxygen atoms in total. The Morgan fingerprint density at radius 1 is 1.32 bits per heavy atom. The van der Waals surface area contributed by atoms with Crippen molar-refractivity contribution < 1.29 is 9.18 Å². The van der Waals surface area contributed by atoms with Gasteiger partial charge in [0.25, 0.3) is 0 Å². The minimum absolute atomic E-state index is 0.185. The summed E-state index contributed by atoms with van der Waals surface area (Å²) in [4.78, 5) is 18.0. The lowest BCUT2D eigenvalue weighted by Crippen LogP contribution is -2.28. The van der Waals surface area contributed by atoms with Gasteiger partial charge in [-0.2, -0.15) is 5.10 Å². The zero-order chi connectivity index (χ0) is 15.4. The van der Waals surface area contributed by atoms with Gasteiger partial charge in [-0.15, -0.1) is 0 Å². The van der Waals surface area contributed by atoms with Crippen LogP contribution < -0.4 is 0 Å². The van der Waals surface area contributed by atoms with Crippen LogP contribution in [0.25, 0.3) is 0 Å². The van der Waals surface area contributed by atoms with E-state index >= 15 is 0 Å². The molecule has 1 aromatic carbocycles. The SMILES string of the molecule is O=C(CCCn1cncn1)N1CCC(c2ccc(F)cc2)C1. The quantitative estimate of drug-likeness (QED) is 0.851. The van der Waals surface area contributed by atoms with Crippen molar-refractivity contribution in [2.75, 3.05) is 13.1 Å². The Bertz CT molecular complexity index is 612. The van der Waals surface area contributed by atoms with Gasteiger partial charge in [0, 0.05) is 32.0 Å². The van der Waals surface area contributed by atoms with E-state index in [0.29, 0.717) is 18.9 Å². The predicted molar refractivity (Wildman–Crippen MR) is 79.6 cm³/mol. The van der Waals surface area contributed by atoms with Gasteiger partial charge >= 0.3 is 0 Å². The van der Waals surface area contributed by atoms with E-state index in [0.717, 1.165) is 31.5 Å². The van der Waals surface area contributed by atoms with Crippen molar-refractivity contribution in [3.05, 3.63) is 48.3 Å². The van der Waals surface area contributed by atoms with Gasteiger partial charge in [-0.1, -0.05) is 12.1 Å². The fraction of sp³-hybridized carbons (Fsp3) is 0.438. The summed E-state index contributed by atoms with van der Waals surface area (Å²) in [5.41, 5.74) is 1.11. The molecular weight excluding hydrogens is 283 g/mol. The number of carbonyl (C=O) groups is 1. The van der Waals surface area contributed by atoms with E-state index in [1.54, 1.807) is 11.0 Å². The number of nitrogens with zero attached hydrogens (tertiary/aromatic N) is 4. The lowest BCUT2D eigenvalue weighted by molar-refractivity contribution is -0.130. The van der Waals surface area contributed by atoms with Crippen LogP contribution >= 0.6 is 0 Å². The van der Waals surface area contributed by atoms with Crippen LogP contribution in [0.15, 0.2) is 36.9 Å². The van der Waals surface area contributed by atoms with Gasteiger partial charge < -0.3 is 4.90 Å². The van der Waals surface area contributed by atoms with Crippen molar-refractivity contribution in [1.29, 1.82) is 0 Å². The average Bonchev–Trinajstić information content (AvgIpc) is 3.19. The van der Waals surface area contributed by atoms with E-state index in [1.165, 1.54) is 18.5 Å². The van der Waals surface area contributed by atoms with Crippen molar-refractivity contribution in [1.82, 2.24) is 19.7 Å². The first kappa shape index (κ1) is 14.7. The first-order chi connectivity index (χ1) is 10.7. The third-order valence-corrected chi connectivity index (χ3v) is 4.13.